The second-order valence-corrected chi connectivity index (χ2v) is 5.83. The summed E-state index contributed by atoms with van der Waals surface area (Å²) in [6, 6.07) is 1.83. The Morgan fingerprint density at radius 3 is 2.80 bits per heavy atom. The molecule has 2 N–H and O–H groups in total. The number of aromatic nitrogens is 2. The van der Waals surface area contributed by atoms with Crippen LogP contribution in [0.25, 0.3) is 0 Å². The molecular weight excluding hydrogens is 254 g/mol. The predicted octanol–water partition coefficient (Wildman–Crippen LogP) is 2.54. The molecular formula is C15H25N3O2. The van der Waals surface area contributed by atoms with Gasteiger partial charge in [-0.1, -0.05) is 12.8 Å². The molecule has 0 bridgehead atoms. The number of ether oxygens (including phenoxy) is 1. The van der Waals surface area contributed by atoms with Gasteiger partial charge in [-0.25, -0.2) is 4.98 Å². The first-order valence-electron chi connectivity index (χ1n) is 7.49. The third-order valence-corrected chi connectivity index (χ3v) is 3.58. The Labute approximate surface area is 120 Å². The van der Waals surface area contributed by atoms with Crippen LogP contribution in [0.15, 0.2) is 6.07 Å². The molecule has 2 rings (SSSR count). The Kier molecular flexibility index (Phi) is 5.17. The number of hydrogen-bond donors (Lipinski definition) is 2. The SMILES string of the molecule is Cc1cc(OC(C)C)nc(NCC2CCCCC2O)n1. The summed E-state index contributed by atoms with van der Waals surface area (Å²) < 4.78 is 5.61. The maximum atomic E-state index is 9.97. The van der Waals surface area contributed by atoms with E-state index in [1.807, 2.05) is 26.8 Å². The molecule has 2 unspecified atom stereocenters. The van der Waals surface area contributed by atoms with Gasteiger partial charge in [0.15, 0.2) is 0 Å². The van der Waals surface area contributed by atoms with E-state index < -0.39 is 0 Å². The Bertz CT molecular complexity index is 437. The average Bonchev–Trinajstić information content (AvgIpc) is 2.36. The van der Waals surface area contributed by atoms with Gasteiger partial charge in [-0.05, 0) is 33.6 Å². The van der Waals surface area contributed by atoms with Gasteiger partial charge >= 0.3 is 0 Å². The van der Waals surface area contributed by atoms with E-state index in [1.54, 1.807) is 0 Å². The standard InChI is InChI=1S/C15H25N3O2/c1-10(2)20-14-8-11(3)17-15(18-14)16-9-12-6-4-5-7-13(12)19/h8,10,12-13,19H,4-7,9H2,1-3H3,(H,16,17,18). The van der Waals surface area contributed by atoms with E-state index in [4.69, 9.17) is 4.74 Å². The number of nitrogens with one attached hydrogen (secondary N) is 1. The summed E-state index contributed by atoms with van der Waals surface area (Å²) in [4.78, 5) is 8.72. The molecule has 1 aromatic heterocycles. The minimum absolute atomic E-state index is 0.0947. The van der Waals surface area contributed by atoms with Gasteiger partial charge in [-0.2, -0.15) is 4.98 Å². The van der Waals surface area contributed by atoms with Gasteiger partial charge in [0.05, 0.1) is 12.2 Å². The number of hydrogen-bond acceptors (Lipinski definition) is 5. The lowest BCUT2D eigenvalue weighted by Gasteiger charge is -2.27. The average molecular weight is 279 g/mol. The minimum atomic E-state index is -0.201. The Hall–Kier alpha value is -1.36. The van der Waals surface area contributed by atoms with E-state index >= 15 is 0 Å². The second-order valence-electron chi connectivity index (χ2n) is 5.83. The molecule has 2 atom stereocenters. The number of anilines is 1. The smallest absolute Gasteiger partial charge is 0.226 e. The van der Waals surface area contributed by atoms with Crippen LogP contribution in [-0.4, -0.2) is 33.8 Å². The van der Waals surface area contributed by atoms with Crippen molar-refractivity contribution in [2.75, 3.05) is 11.9 Å². The molecule has 1 saturated carbocycles. The Morgan fingerprint density at radius 1 is 1.35 bits per heavy atom. The highest BCUT2D eigenvalue weighted by atomic mass is 16.5. The zero-order valence-corrected chi connectivity index (χ0v) is 12.6. The van der Waals surface area contributed by atoms with Crippen LogP contribution in [0.4, 0.5) is 5.95 Å². The summed E-state index contributed by atoms with van der Waals surface area (Å²) in [5.74, 6) is 1.47. The molecule has 0 saturated heterocycles. The van der Waals surface area contributed by atoms with Crippen LogP contribution in [-0.2, 0) is 0 Å². The minimum Gasteiger partial charge on any atom is -0.475 e. The number of rotatable bonds is 5. The largest absolute Gasteiger partial charge is 0.475 e. The topological polar surface area (TPSA) is 67.3 Å². The first-order valence-corrected chi connectivity index (χ1v) is 7.49. The molecule has 5 nitrogen and oxygen atoms in total. The first-order chi connectivity index (χ1) is 9.54. The maximum absolute atomic E-state index is 9.97. The van der Waals surface area contributed by atoms with Gasteiger partial charge in [0.2, 0.25) is 11.8 Å². The fourth-order valence-corrected chi connectivity index (χ4v) is 2.57. The van der Waals surface area contributed by atoms with E-state index in [2.05, 4.69) is 15.3 Å². The normalized spacial score (nSPS) is 22.9. The zero-order valence-electron chi connectivity index (χ0n) is 12.6. The van der Waals surface area contributed by atoms with Crippen LogP contribution < -0.4 is 10.1 Å². The monoisotopic (exact) mass is 279 g/mol. The highest BCUT2D eigenvalue weighted by Gasteiger charge is 2.22. The fraction of sp³-hybridized carbons (Fsp3) is 0.733. The van der Waals surface area contributed by atoms with Crippen molar-refractivity contribution in [2.45, 2.75) is 58.7 Å². The van der Waals surface area contributed by atoms with Gasteiger partial charge < -0.3 is 15.2 Å². The first kappa shape index (κ1) is 15.0. The van der Waals surface area contributed by atoms with Gasteiger partial charge in [-0.3, -0.25) is 0 Å². The molecule has 1 fully saturated rings. The third kappa shape index (κ3) is 4.34. The maximum Gasteiger partial charge on any atom is 0.226 e. The number of aryl methyl sites for hydroxylation is 1. The summed E-state index contributed by atoms with van der Waals surface area (Å²) in [5.41, 5.74) is 0.877. The molecule has 0 radical (unpaired) electrons. The summed E-state index contributed by atoms with van der Waals surface area (Å²) in [7, 11) is 0. The van der Waals surface area contributed by atoms with Crippen molar-refractivity contribution >= 4 is 5.95 Å². The van der Waals surface area contributed by atoms with E-state index in [1.165, 1.54) is 6.42 Å². The lowest BCUT2D eigenvalue weighted by Crippen LogP contribution is -2.30. The Morgan fingerprint density at radius 2 is 2.10 bits per heavy atom. The fourth-order valence-electron chi connectivity index (χ4n) is 2.57. The summed E-state index contributed by atoms with van der Waals surface area (Å²) in [6.07, 6.45) is 4.19. The van der Waals surface area contributed by atoms with Crippen molar-refractivity contribution in [3.8, 4) is 5.88 Å². The van der Waals surface area contributed by atoms with Crippen LogP contribution in [0, 0.1) is 12.8 Å². The number of aliphatic hydroxyl groups excluding tert-OH is 1. The quantitative estimate of drug-likeness (QED) is 0.867. The van der Waals surface area contributed by atoms with E-state index in [9.17, 15) is 5.11 Å². The van der Waals surface area contributed by atoms with Crippen molar-refractivity contribution in [1.82, 2.24) is 9.97 Å². The second kappa shape index (κ2) is 6.88. The molecule has 1 heterocycles. The molecule has 0 aromatic carbocycles. The molecule has 5 heteroatoms. The zero-order chi connectivity index (χ0) is 14.5. The third-order valence-electron chi connectivity index (χ3n) is 3.58. The predicted molar refractivity (Wildman–Crippen MR) is 79.0 cm³/mol. The van der Waals surface area contributed by atoms with Gasteiger partial charge in [0, 0.05) is 24.2 Å². The highest BCUT2D eigenvalue weighted by molar-refractivity contribution is 5.30. The Balaban J connectivity index is 1.96. The van der Waals surface area contributed by atoms with Crippen LogP contribution in [0.5, 0.6) is 5.88 Å². The van der Waals surface area contributed by atoms with E-state index in [0.29, 0.717) is 24.3 Å². The van der Waals surface area contributed by atoms with Crippen molar-refractivity contribution in [1.29, 1.82) is 0 Å². The molecule has 1 aliphatic carbocycles. The van der Waals surface area contributed by atoms with Crippen LogP contribution in [0.1, 0.15) is 45.2 Å². The molecule has 20 heavy (non-hydrogen) atoms. The molecule has 1 aliphatic rings. The van der Waals surface area contributed by atoms with E-state index in [-0.39, 0.29) is 12.2 Å². The molecule has 1 aromatic rings. The molecule has 0 amide bonds. The molecule has 0 aliphatic heterocycles. The summed E-state index contributed by atoms with van der Waals surface area (Å²) >= 11 is 0. The van der Waals surface area contributed by atoms with Crippen LogP contribution >= 0.6 is 0 Å². The van der Waals surface area contributed by atoms with Crippen molar-refractivity contribution < 1.29 is 9.84 Å². The molecule has 112 valence electrons. The molecule has 0 spiro atoms. The van der Waals surface area contributed by atoms with Crippen molar-refractivity contribution in [3.05, 3.63) is 11.8 Å². The lowest BCUT2D eigenvalue weighted by atomic mass is 9.86. The van der Waals surface area contributed by atoms with Gasteiger partial charge in [0.1, 0.15) is 0 Å². The van der Waals surface area contributed by atoms with Crippen LogP contribution in [0.3, 0.4) is 0 Å². The van der Waals surface area contributed by atoms with Gasteiger partial charge in [-0.15, -0.1) is 0 Å². The van der Waals surface area contributed by atoms with Gasteiger partial charge in [0.25, 0.3) is 0 Å². The van der Waals surface area contributed by atoms with Crippen molar-refractivity contribution in [2.24, 2.45) is 5.92 Å². The lowest BCUT2D eigenvalue weighted by molar-refractivity contribution is 0.0762. The summed E-state index contributed by atoms with van der Waals surface area (Å²) in [6.45, 7) is 6.59. The van der Waals surface area contributed by atoms with Crippen LogP contribution in [0.2, 0.25) is 0 Å². The number of nitrogens with zero attached hydrogens (tertiary/aromatic N) is 2. The van der Waals surface area contributed by atoms with Crippen molar-refractivity contribution in [3.63, 3.8) is 0 Å². The highest BCUT2D eigenvalue weighted by Crippen LogP contribution is 2.24. The summed E-state index contributed by atoms with van der Waals surface area (Å²) in [5, 5.41) is 13.2. The number of aliphatic hydroxyl groups is 1. The van der Waals surface area contributed by atoms with E-state index in [0.717, 1.165) is 25.0 Å².